The van der Waals surface area contributed by atoms with Crippen LogP contribution in [0.15, 0.2) is 9.59 Å². The highest BCUT2D eigenvalue weighted by atomic mass is 16.2. The maximum atomic E-state index is 13.4. The molecule has 2 rings (SSSR count). The monoisotopic (exact) mass is 450 g/mol. The number of hydrogen-bond acceptors (Lipinski definition) is 6. The number of aromatic nitrogens is 2. The van der Waals surface area contributed by atoms with Gasteiger partial charge in [-0.1, -0.05) is 27.2 Å². The summed E-state index contributed by atoms with van der Waals surface area (Å²) in [5, 5.41) is 0. The minimum atomic E-state index is -0.605. The third kappa shape index (κ3) is 6.68. The number of aromatic amines is 1. The van der Waals surface area contributed by atoms with E-state index in [1.807, 2.05) is 20.8 Å². The first kappa shape index (κ1) is 26.1. The fourth-order valence-corrected chi connectivity index (χ4v) is 4.14. The lowest BCUT2D eigenvalue weighted by Crippen LogP contribution is -2.47. The standard InChI is InChI=1S/C23H42N6O3/c1-7-8-12-28(19-20(24)29(15-17(2)3)22(32)25-21(19)31)18(30)16-26-10-9-11-27(14-13-26)23(4,5)6/h17H,7-16,24H2,1-6H3,(H,25,31,32). The third-order valence-corrected chi connectivity index (χ3v) is 5.96. The van der Waals surface area contributed by atoms with Crippen LogP contribution in [0.25, 0.3) is 0 Å². The van der Waals surface area contributed by atoms with Crippen molar-refractivity contribution in [2.24, 2.45) is 5.92 Å². The van der Waals surface area contributed by atoms with Crippen LogP contribution in [-0.2, 0) is 11.3 Å². The zero-order valence-electron chi connectivity index (χ0n) is 20.7. The SMILES string of the molecule is CCCCN(C(=O)CN1CCCN(C(C)(C)C)CC1)c1c(N)n(CC(C)C)c(=O)[nH]c1=O. The highest BCUT2D eigenvalue weighted by molar-refractivity contribution is 5.96. The van der Waals surface area contributed by atoms with Gasteiger partial charge < -0.3 is 10.6 Å². The molecule has 0 aliphatic carbocycles. The topological polar surface area (TPSA) is 108 Å². The van der Waals surface area contributed by atoms with Crippen LogP contribution in [0.2, 0.25) is 0 Å². The van der Waals surface area contributed by atoms with Crippen LogP contribution in [0.5, 0.6) is 0 Å². The van der Waals surface area contributed by atoms with Gasteiger partial charge in [-0.3, -0.25) is 28.9 Å². The number of H-pyrrole nitrogens is 1. The molecule has 0 unspecified atom stereocenters. The quantitative estimate of drug-likeness (QED) is 0.624. The summed E-state index contributed by atoms with van der Waals surface area (Å²) in [6.07, 6.45) is 2.60. The number of rotatable bonds is 8. The molecular formula is C23H42N6O3. The lowest BCUT2D eigenvalue weighted by atomic mass is 10.1. The zero-order valence-corrected chi connectivity index (χ0v) is 20.7. The predicted octanol–water partition coefficient (Wildman–Crippen LogP) is 1.71. The average Bonchev–Trinajstić information content (AvgIpc) is 2.93. The van der Waals surface area contributed by atoms with E-state index in [4.69, 9.17) is 5.73 Å². The van der Waals surface area contributed by atoms with Crippen LogP contribution in [0.3, 0.4) is 0 Å². The van der Waals surface area contributed by atoms with Crippen molar-refractivity contribution in [1.82, 2.24) is 19.4 Å². The molecule has 1 saturated heterocycles. The van der Waals surface area contributed by atoms with Crippen LogP contribution in [0.4, 0.5) is 11.5 Å². The van der Waals surface area contributed by atoms with Gasteiger partial charge in [-0.25, -0.2) is 4.79 Å². The van der Waals surface area contributed by atoms with E-state index in [9.17, 15) is 14.4 Å². The Bertz CT molecular complexity index is 883. The number of unbranched alkanes of at least 4 members (excludes halogenated alkanes) is 1. The van der Waals surface area contributed by atoms with Gasteiger partial charge in [0, 0.05) is 31.7 Å². The van der Waals surface area contributed by atoms with E-state index in [-0.39, 0.29) is 35.4 Å². The Kier molecular flexibility index (Phi) is 9.09. The van der Waals surface area contributed by atoms with Crippen molar-refractivity contribution >= 4 is 17.4 Å². The minimum absolute atomic E-state index is 0.0617. The van der Waals surface area contributed by atoms with Crippen LogP contribution in [0.1, 0.15) is 60.8 Å². The third-order valence-electron chi connectivity index (χ3n) is 5.96. The Hall–Kier alpha value is -2.13. The summed E-state index contributed by atoms with van der Waals surface area (Å²) in [6.45, 7) is 17.1. The predicted molar refractivity (Wildman–Crippen MR) is 130 cm³/mol. The summed E-state index contributed by atoms with van der Waals surface area (Å²) in [5.41, 5.74) is 5.34. The second kappa shape index (κ2) is 11.1. The van der Waals surface area contributed by atoms with E-state index in [1.54, 1.807) is 0 Å². The first-order valence-electron chi connectivity index (χ1n) is 11.9. The minimum Gasteiger partial charge on any atom is -0.383 e. The van der Waals surface area contributed by atoms with Crippen LogP contribution >= 0.6 is 0 Å². The van der Waals surface area contributed by atoms with E-state index < -0.39 is 11.2 Å². The summed E-state index contributed by atoms with van der Waals surface area (Å²) in [6, 6.07) is 0. The molecule has 0 spiro atoms. The fraction of sp³-hybridized carbons (Fsp3) is 0.783. The number of nitrogens with two attached hydrogens (primary N) is 1. The number of amides is 1. The molecule has 9 nitrogen and oxygen atoms in total. The molecule has 0 atom stereocenters. The number of nitrogens with one attached hydrogen (secondary N) is 1. The zero-order chi connectivity index (χ0) is 24.1. The first-order valence-corrected chi connectivity index (χ1v) is 11.9. The second-order valence-corrected chi connectivity index (χ2v) is 10.2. The molecule has 0 saturated carbocycles. The molecule has 9 heteroatoms. The smallest absolute Gasteiger partial charge is 0.330 e. The van der Waals surface area contributed by atoms with E-state index in [1.165, 1.54) is 9.47 Å². The Balaban J connectivity index is 2.29. The Morgan fingerprint density at radius 2 is 1.84 bits per heavy atom. The van der Waals surface area contributed by atoms with Crippen molar-refractivity contribution in [3.63, 3.8) is 0 Å². The Morgan fingerprint density at radius 3 is 2.44 bits per heavy atom. The van der Waals surface area contributed by atoms with Gasteiger partial charge in [-0.05, 0) is 52.6 Å². The normalized spacial score (nSPS) is 16.3. The summed E-state index contributed by atoms with van der Waals surface area (Å²) >= 11 is 0. The van der Waals surface area contributed by atoms with Crippen molar-refractivity contribution in [3.8, 4) is 0 Å². The van der Waals surface area contributed by atoms with Gasteiger partial charge in [0.15, 0.2) is 5.69 Å². The number of nitrogen functional groups attached to an aromatic ring is 1. The molecule has 32 heavy (non-hydrogen) atoms. The van der Waals surface area contributed by atoms with E-state index >= 15 is 0 Å². The molecular weight excluding hydrogens is 408 g/mol. The number of anilines is 2. The Morgan fingerprint density at radius 1 is 1.16 bits per heavy atom. The van der Waals surface area contributed by atoms with Crippen molar-refractivity contribution < 1.29 is 4.79 Å². The van der Waals surface area contributed by atoms with Gasteiger partial charge in [-0.15, -0.1) is 0 Å². The number of carbonyl (C=O) groups excluding carboxylic acids is 1. The largest absolute Gasteiger partial charge is 0.383 e. The average molecular weight is 451 g/mol. The molecule has 1 fully saturated rings. The van der Waals surface area contributed by atoms with Crippen molar-refractivity contribution in [2.75, 3.05) is 49.9 Å². The molecule has 1 amide bonds. The summed E-state index contributed by atoms with van der Waals surface area (Å²) in [4.78, 5) is 46.9. The van der Waals surface area contributed by atoms with E-state index in [0.29, 0.717) is 13.1 Å². The van der Waals surface area contributed by atoms with E-state index in [2.05, 4.69) is 35.6 Å². The van der Waals surface area contributed by atoms with Crippen molar-refractivity contribution in [3.05, 3.63) is 20.8 Å². The van der Waals surface area contributed by atoms with Gasteiger partial charge >= 0.3 is 5.69 Å². The Labute approximate surface area is 191 Å². The maximum absolute atomic E-state index is 13.4. The molecule has 1 aromatic heterocycles. The molecule has 0 aromatic carbocycles. The number of nitrogens with zero attached hydrogens (tertiary/aromatic N) is 4. The molecule has 3 N–H and O–H groups in total. The molecule has 2 heterocycles. The van der Waals surface area contributed by atoms with E-state index in [0.717, 1.165) is 45.4 Å². The van der Waals surface area contributed by atoms with Gasteiger partial charge in [0.1, 0.15) is 5.82 Å². The molecule has 0 radical (unpaired) electrons. The lowest BCUT2D eigenvalue weighted by molar-refractivity contribution is -0.119. The lowest BCUT2D eigenvalue weighted by Gasteiger charge is -2.34. The first-order chi connectivity index (χ1) is 15.0. The van der Waals surface area contributed by atoms with Gasteiger partial charge in [-0.2, -0.15) is 0 Å². The second-order valence-electron chi connectivity index (χ2n) is 10.2. The molecule has 182 valence electrons. The van der Waals surface area contributed by atoms with Crippen LogP contribution < -0.4 is 21.9 Å². The summed E-state index contributed by atoms with van der Waals surface area (Å²) < 4.78 is 1.36. The number of hydrogen-bond donors (Lipinski definition) is 2. The fourth-order valence-electron chi connectivity index (χ4n) is 4.14. The molecule has 0 bridgehead atoms. The van der Waals surface area contributed by atoms with Crippen molar-refractivity contribution in [1.29, 1.82) is 0 Å². The summed E-state index contributed by atoms with van der Waals surface area (Å²) in [5.74, 6) is 0.0673. The molecule has 1 aliphatic heterocycles. The van der Waals surface area contributed by atoms with Crippen LogP contribution in [0, 0.1) is 5.92 Å². The maximum Gasteiger partial charge on any atom is 0.330 e. The summed E-state index contributed by atoms with van der Waals surface area (Å²) in [7, 11) is 0. The van der Waals surface area contributed by atoms with Gasteiger partial charge in [0.25, 0.3) is 5.56 Å². The molecule has 1 aromatic rings. The van der Waals surface area contributed by atoms with Crippen LogP contribution in [-0.4, -0.2) is 70.1 Å². The number of carbonyl (C=O) groups is 1. The van der Waals surface area contributed by atoms with Gasteiger partial charge in [0.2, 0.25) is 5.91 Å². The highest BCUT2D eigenvalue weighted by Gasteiger charge is 2.28. The molecule has 1 aliphatic rings. The van der Waals surface area contributed by atoms with Gasteiger partial charge in [0.05, 0.1) is 6.54 Å². The van der Waals surface area contributed by atoms with Crippen molar-refractivity contribution in [2.45, 2.75) is 72.9 Å². The highest BCUT2D eigenvalue weighted by Crippen LogP contribution is 2.20.